The topological polar surface area (TPSA) is 104 Å². The van der Waals surface area contributed by atoms with Crippen molar-refractivity contribution in [1.82, 2.24) is 10.3 Å². The van der Waals surface area contributed by atoms with Crippen LogP contribution in [0, 0.1) is 0 Å². The molecule has 0 atom stereocenters. The normalized spacial score (nSPS) is 10.8. The van der Waals surface area contributed by atoms with Gasteiger partial charge >= 0.3 is 0 Å². The summed E-state index contributed by atoms with van der Waals surface area (Å²) in [6, 6.07) is 13.7. The highest BCUT2D eigenvalue weighted by Crippen LogP contribution is 2.10. The average molecular weight is 333 g/mol. The number of hydrogen-bond acceptors (Lipinski definition) is 4. The molecule has 0 aliphatic rings. The summed E-state index contributed by atoms with van der Waals surface area (Å²) < 4.78 is 23.9. The van der Waals surface area contributed by atoms with Gasteiger partial charge in [0.05, 0.1) is 4.90 Å². The lowest BCUT2D eigenvalue weighted by Gasteiger charge is -2.09. The predicted molar refractivity (Wildman–Crippen MR) is 85.0 cm³/mol. The second-order valence-corrected chi connectivity index (χ2v) is 6.31. The van der Waals surface area contributed by atoms with Gasteiger partial charge in [0.1, 0.15) is 0 Å². The first-order chi connectivity index (χ1) is 10.9. The molecule has 2 rings (SSSR count). The molecule has 0 radical (unpaired) electrons. The fraction of sp³-hybridized carbons (Fsp3) is 0.0667. The second-order valence-electron chi connectivity index (χ2n) is 4.63. The van der Waals surface area contributed by atoms with Gasteiger partial charge in [0.2, 0.25) is 5.91 Å². The molecule has 0 saturated carbocycles. The Labute approximate surface area is 133 Å². The van der Waals surface area contributed by atoms with Gasteiger partial charge < -0.3 is 5.32 Å². The standard InChI is InChI=1S/C15H15N3O4S/c1-11(19)16-13-9-7-12(8-10-13)15(20)17-18-23(21,22)14-5-3-2-4-6-14/h2-10,18H,1H3,(H,16,19)(H,17,20). The summed E-state index contributed by atoms with van der Waals surface area (Å²) in [6.45, 7) is 1.37. The summed E-state index contributed by atoms with van der Waals surface area (Å²) in [6.07, 6.45) is 0. The van der Waals surface area contributed by atoms with Crippen LogP contribution < -0.4 is 15.6 Å². The van der Waals surface area contributed by atoms with Crippen molar-refractivity contribution >= 4 is 27.5 Å². The maximum Gasteiger partial charge on any atom is 0.266 e. The Morgan fingerprint density at radius 2 is 1.52 bits per heavy atom. The Hall–Kier alpha value is -2.71. The number of sulfonamides is 1. The monoisotopic (exact) mass is 333 g/mol. The molecule has 0 aliphatic heterocycles. The highest BCUT2D eigenvalue weighted by molar-refractivity contribution is 7.89. The molecule has 2 amide bonds. The molecule has 7 nitrogen and oxygen atoms in total. The average Bonchev–Trinajstić information content (AvgIpc) is 2.54. The van der Waals surface area contributed by atoms with Crippen LogP contribution in [0.3, 0.4) is 0 Å². The number of nitrogens with one attached hydrogen (secondary N) is 3. The van der Waals surface area contributed by atoms with Gasteiger partial charge in [-0.05, 0) is 36.4 Å². The van der Waals surface area contributed by atoms with E-state index in [1.54, 1.807) is 30.3 Å². The molecule has 2 aromatic rings. The quantitative estimate of drug-likeness (QED) is 0.717. The summed E-state index contributed by atoms with van der Waals surface area (Å²) in [5, 5.41) is 2.57. The molecular formula is C15H15N3O4S. The molecule has 2 aromatic carbocycles. The number of anilines is 1. The maximum absolute atomic E-state index is 12.0. The van der Waals surface area contributed by atoms with Crippen LogP contribution in [0.15, 0.2) is 59.5 Å². The van der Waals surface area contributed by atoms with Crippen molar-refractivity contribution in [3.63, 3.8) is 0 Å². The zero-order chi connectivity index (χ0) is 16.9. The molecule has 23 heavy (non-hydrogen) atoms. The zero-order valence-corrected chi connectivity index (χ0v) is 13.1. The van der Waals surface area contributed by atoms with E-state index in [0.29, 0.717) is 5.69 Å². The molecule has 0 bridgehead atoms. The zero-order valence-electron chi connectivity index (χ0n) is 12.2. The van der Waals surface area contributed by atoms with Crippen molar-refractivity contribution < 1.29 is 18.0 Å². The van der Waals surface area contributed by atoms with E-state index in [0.717, 1.165) is 0 Å². The number of rotatable bonds is 5. The summed E-state index contributed by atoms with van der Waals surface area (Å²) in [5.74, 6) is -0.836. The number of benzene rings is 2. The molecule has 120 valence electrons. The second kappa shape index (κ2) is 7.03. The largest absolute Gasteiger partial charge is 0.326 e. The van der Waals surface area contributed by atoms with Gasteiger partial charge in [-0.15, -0.1) is 4.83 Å². The minimum Gasteiger partial charge on any atom is -0.326 e. The van der Waals surface area contributed by atoms with Crippen LogP contribution >= 0.6 is 0 Å². The van der Waals surface area contributed by atoms with Gasteiger partial charge in [-0.1, -0.05) is 18.2 Å². The predicted octanol–water partition coefficient (Wildman–Crippen LogP) is 1.27. The molecule has 0 heterocycles. The summed E-state index contributed by atoms with van der Waals surface area (Å²) >= 11 is 0. The molecule has 0 aromatic heterocycles. The molecule has 0 spiro atoms. The van der Waals surface area contributed by atoms with E-state index in [4.69, 9.17) is 0 Å². The Morgan fingerprint density at radius 1 is 0.913 bits per heavy atom. The van der Waals surface area contributed by atoms with E-state index < -0.39 is 15.9 Å². The van der Waals surface area contributed by atoms with Gasteiger partial charge in [0, 0.05) is 18.2 Å². The van der Waals surface area contributed by atoms with E-state index >= 15 is 0 Å². The maximum atomic E-state index is 12.0. The highest BCUT2D eigenvalue weighted by atomic mass is 32.2. The fourth-order valence-corrected chi connectivity index (χ4v) is 2.61. The van der Waals surface area contributed by atoms with E-state index in [1.807, 2.05) is 4.83 Å². The number of hydrogen-bond donors (Lipinski definition) is 3. The lowest BCUT2D eigenvalue weighted by atomic mass is 10.2. The summed E-state index contributed by atoms with van der Waals surface area (Å²) in [5.41, 5.74) is 2.92. The van der Waals surface area contributed by atoms with Crippen molar-refractivity contribution in [1.29, 1.82) is 0 Å². The Bertz CT molecular complexity index is 802. The molecular weight excluding hydrogens is 318 g/mol. The first-order valence-corrected chi connectivity index (χ1v) is 8.12. The van der Waals surface area contributed by atoms with E-state index in [9.17, 15) is 18.0 Å². The van der Waals surface area contributed by atoms with Crippen molar-refractivity contribution in [3.8, 4) is 0 Å². The van der Waals surface area contributed by atoms with E-state index in [-0.39, 0.29) is 16.4 Å². The lowest BCUT2D eigenvalue weighted by Crippen LogP contribution is -2.41. The first kappa shape index (κ1) is 16.7. The van der Waals surface area contributed by atoms with Gasteiger partial charge in [0.25, 0.3) is 15.9 Å². The van der Waals surface area contributed by atoms with Crippen LogP contribution in [0.2, 0.25) is 0 Å². The number of amides is 2. The third-order valence-corrected chi connectivity index (χ3v) is 4.08. The smallest absolute Gasteiger partial charge is 0.266 e. The lowest BCUT2D eigenvalue weighted by molar-refractivity contribution is -0.114. The van der Waals surface area contributed by atoms with Gasteiger partial charge in [-0.3, -0.25) is 15.0 Å². The van der Waals surface area contributed by atoms with Crippen LogP contribution in [0.25, 0.3) is 0 Å². The Morgan fingerprint density at radius 3 is 2.09 bits per heavy atom. The van der Waals surface area contributed by atoms with E-state index in [1.165, 1.54) is 31.2 Å². The Kier molecular flexibility index (Phi) is 5.09. The van der Waals surface area contributed by atoms with Crippen molar-refractivity contribution in [2.75, 3.05) is 5.32 Å². The van der Waals surface area contributed by atoms with Gasteiger partial charge in [-0.2, -0.15) is 0 Å². The summed E-state index contributed by atoms with van der Waals surface area (Å²) in [4.78, 5) is 24.9. The van der Waals surface area contributed by atoms with Crippen LogP contribution in [-0.2, 0) is 14.8 Å². The van der Waals surface area contributed by atoms with Gasteiger partial charge in [-0.25, -0.2) is 8.42 Å². The molecule has 3 N–H and O–H groups in total. The van der Waals surface area contributed by atoms with Crippen molar-refractivity contribution in [2.45, 2.75) is 11.8 Å². The Balaban J connectivity index is 2.01. The summed E-state index contributed by atoms with van der Waals surface area (Å²) in [7, 11) is -3.83. The van der Waals surface area contributed by atoms with Crippen LogP contribution in [0.5, 0.6) is 0 Å². The van der Waals surface area contributed by atoms with Crippen molar-refractivity contribution in [3.05, 3.63) is 60.2 Å². The minimum absolute atomic E-state index is 0.0429. The van der Waals surface area contributed by atoms with E-state index in [2.05, 4.69) is 10.7 Å². The molecule has 0 unspecified atom stereocenters. The fourth-order valence-electron chi connectivity index (χ4n) is 1.75. The minimum atomic E-state index is -3.83. The van der Waals surface area contributed by atoms with Crippen LogP contribution in [0.4, 0.5) is 5.69 Å². The van der Waals surface area contributed by atoms with Crippen LogP contribution in [0.1, 0.15) is 17.3 Å². The third kappa shape index (κ3) is 4.63. The van der Waals surface area contributed by atoms with Gasteiger partial charge in [0.15, 0.2) is 0 Å². The molecule has 8 heteroatoms. The molecule has 0 saturated heterocycles. The number of hydrazine groups is 1. The number of carbonyl (C=O) groups excluding carboxylic acids is 2. The molecule has 0 fully saturated rings. The third-order valence-electron chi connectivity index (χ3n) is 2.82. The van der Waals surface area contributed by atoms with Crippen molar-refractivity contribution in [2.24, 2.45) is 0 Å². The number of carbonyl (C=O) groups is 2. The van der Waals surface area contributed by atoms with Crippen LogP contribution in [-0.4, -0.2) is 20.2 Å². The molecule has 0 aliphatic carbocycles. The first-order valence-electron chi connectivity index (χ1n) is 6.63. The highest BCUT2D eigenvalue weighted by Gasteiger charge is 2.15. The SMILES string of the molecule is CC(=O)Nc1ccc(C(=O)NNS(=O)(=O)c2ccccc2)cc1.